The first-order chi connectivity index (χ1) is 8.08. The molecule has 92 valence electrons. The highest BCUT2D eigenvalue weighted by atomic mass is 15.2. The number of aromatic nitrogens is 4. The number of aromatic amines is 1. The molecule has 3 N–H and O–H groups in total. The Morgan fingerprint density at radius 2 is 2.00 bits per heavy atom. The van der Waals surface area contributed by atoms with Crippen LogP contribution in [0, 0.1) is 0 Å². The minimum absolute atomic E-state index is 0.247. The van der Waals surface area contributed by atoms with Gasteiger partial charge >= 0.3 is 0 Å². The van der Waals surface area contributed by atoms with Gasteiger partial charge in [0.15, 0.2) is 11.5 Å². The summed E-state index contributed by atoms with van der Waals surface area (Å²) in [5.74, 6) is 1.03. The van der Waals surface area contributed by atoms with Crippen molar-refractivity contribution in [1.82, 2.24) is 24.8 Å². The summed E-state index contributed by atoms with van der Waals surface area (Å²) in [7, 11) is 6.05. The van der Waals surface area contributed by atoms with E-state index in [0.29, 0.717) is 5.65 Å². The summed E-state index contributed by atoms with van der Waals surface area (Å²) in [6.45, 7) is 1.80. The molecular formula is C10H17N7. The number of hydrogen-bond donors (Lipinski definition) is 2. The SMILES string of the molecule is CN(C)CCN(C)c1nc(N)nc2nc[nH]c12. The Morgan fingerprint density at radius 1 is 1.24 bits per heavy atom. The zero-order valence-electron chi connectivity index (χ0n) is 10.3. The van der Waals surface area contributed by atoms with Gasteiger partial charge in [0.05, 0.1) is 6.33 Å². The molecule has 0 bridgehead atoms. The van der Waals surface area contributed by atoms with Crippen LogP contribution in [0.3, 0.4) is 0 Å². The monoisotopic (exact) mass is 235 g/mol. The van der Waals surface area contributed by atoms with Gasteiger partial charge in [-0.05, 0) is 14.1 Å². The molecule has 0 aromatic carbocycles. The molecule has 2 rings (SSSR count). The first-order valence-electron chi connectivity index (χ1n) is 5.40. The second-order valence-electron chi connectivity index (χ2n) is 4.23. The molecule has 7 nitrogen and oxygen atoms in total. The third-order valence-electron chi connectivity index (χ3n) is 2.53. The number of nitrogens with two attached hydrogens (primary N) is 1. The largest absolute Gasteiger partial charge is 0.368 e. The second-order valence-corrected chi connectivity index (χ2v) is 4.23. The Morgan fingerprint density at radius 3 is 2.71 bits per heavy atom. The smallest absolute Gasteiger partial charge is 0.224 e. The van der Waals surface area contributed by atoms with Gasteiger partial charge in [0.1, 0.15) is 5.52 Å². The van der Waals surface area contributed by atoms with Gasteiger partial charge < -0.3 is 20.5 Å². The molecule has 7 heteroatoms. The molecule has 2 heterocycles. The Bertz CT molecular complexity index is 504. The lowest BCUT2D eigenvalue weighted by atomic mass is 10.4. The van der Waals surface area contributed by atoms with Crippen LogP contribution in [0.5, 0.6) is 0 Å². The predicted molar refractivity (Wildman–Crippen MR) is 67.9 cm³/mol. The van der Waals surface area contributed by atoms with E-state index in [2.05, 4.69) is 24.8 Å². The van der Waals surface area contributed by atoms with E-state index in [4.69, 9.17) is 5.73 Å². The average Bonchev–Trinajstić information content (AvgIpc) is 2.72. The van der Waals surface area contributed by atoms with E-state index >= 15 is 0 Å². The van der Waals surface area contributed by atoms with Crippen LogP contribution in [0.4, 0.5) is 11.8 Å². The molecule has 0 saturated heterocycles. The van der Waals surface area contributed by atoms with Crippen molar-refractivity contribution in [2.75, 3.05) is 44.9 Å². The van der Waals surface area contributed by atoms with E-state index in [9.17, 15) is 0 Å². The molecule has 0 amide bonds. The predicted octanol–water partition coefficient (Wildman–Crippen LogP) is -0.0671. The van der Waals surface area contributed by atoms with E-state index in [1.54, 1.807) is 6.33 Å². The molecule has 0 spiro atoms. The Hall–Kier alpha value is -1.89. The molecule has 0 saturated carbocycles. The van der Waals surface area contributed by atoms with Gasteiger partial charge in [-0.3, -0.25) is 0 Å². The lowest BCUT2D eigenvalue weighted by molar-refractivity contribution is 0.416. The van der Waals surface area contributed by atoms with E-state index in [0.717, 1.165) is 24.4 Å². The normalized spacial score (nSPS) is 11.3. The van der Waals surface area contributed by atoms with Gasteiger partial charge in [0.25, 0.3) is 0 Å². The van der Waals surface area contributed by atoms with Crippen molar-refractivity contribution in [2.45, 2.75) is 0 Å². The molecule has 0 aliphatic carbocycles. The fraction of sp³-hybridized carbons (Fsp3) is 0.500. The molecule has 2 aromatic heterocycles. The zero-order valence-corrected chi connectivity index (χ0v) is 10.3. The number of anilines is 2. The zero-order chi connectivity index (χ0) is 12.4. The number of imidazole rings is 1. The Labute approximate surface area is 99.7 Å². The highest BCUT2D eigenvalue weighted by Gasteiger charge is 2.12. The maximum Gasteiger partial charge on any atom is 0.224 e. The maximum atomic E-state index is 5.66. The van der Waals surface area contributed by atoms with Crippen LogP contribution in [0.15, 0.2) is 6.33 Å². The van der Waals surface area contributed by atoms with Crippen LogP contribution < -0.4 is 10.6 Å². The molecule has 0 fully saturated rings. The van der Waals surface area contributed by atoms with Gasteiger partial charge in [0.2, 0.25) is 5.95 Å². The third-order valence-corrected chi connectivity index (χ3v) is 2.53. The lowest BCUT2D eigenvalue weighted by Crippen LogP contribution is -2.29. The van der Waals surface area contributed by atoms with Gasteiger partial charge in [-0.2, -0.15) is 9.97 Å². The number of nitrogens with zero attached hydrogens (tertiary/aromatic N) is 5. The summed E-state index contributed by atoms with van der Waals surface area (Å²) in [6, 6.07) is 0. The van der Waals surface area contributed by atoms with Crippen LogP contribution in [0.1, 0.15) is 0 Å². The minimum Gasteiger partial charge on any atom is -0.368 e. The van der Waals surface area contributed by atoms with Crippen molar-refractivity contribution < 1.29 is 0 Å². The molecule has 17 heavy (non-hydrogen) atoms. The average molecular weight is 235 g/mol. The van der Waals surface area contributed by atoms with Crippen LogP contribution in [0.25, 0.3) is 11.2 Å². The van der Waals surface area contributed by atoms with Crippen LogP contribution in [-0.4, -0.2) is 59.1 Å². The van der Waals surface area contributed by atoms with Gasteiger partial charge in [0, 0.05) is 20.1 Å². The third kappa shape index (κ3) is 2.44. The van der Waals surface area contributed by atoms with Crippen LogP contribution in [0.2, 0.25) is 0 Å². The highest BCUT2D eigenvalue weighted by Crippen LogP contribution is 2.20. The van der Waals surface area contributed by atoms with E-state index < -0.39 is 0 Å². The summed E-state index contributed by atoms with van der Waals surface area (Å²) in [4.78, 5) is 19.6. The highest BCUT2D eigenvalue weighted by molar-refractivity contribution is 5.83. The van der Waals surface area contributed by atoms with Crippen molar-refractivity contribution in [2.24, 2.45) is 0 Å². The van der Waals surface area contributed by atoms with Crippen LogP contribution in [-0.2, 0) is 0 Å². The van der Waals surface area contributed by atoms with Crippen molar-refractivity contribution in [1.29, 1.82) is 0 Å². The fourth-order valence-electron chi connectivity index (χ4n) is 1.57. The molecule has 0 aliphatic rings. The topological polar surface area (TPSA) is 87.0 Å². The molecule has 0 atom stereocenters. The van der Waals surface area contributed by atoms with E-state index in [1.807, 2.05) is 26.0 Å². The number of likely N-dealkylation sites (N-methyl/N-ethyl adjacent to an activating group) is 2. The van der Waals surface area contributed by atoms with Gasteiger partial charge in [-0.15, -0.1) is 0 Å². The van der Waals surface area contributed by atoms with Crippen LogP contribution >= 0.6 is 0 Å². The summed E-state index contributed by atoms with van der Waals surface area (Å²) in [6.07, 6.45) is 1.60. The van der Waals surface area contributed by atoms with E-state index in [1.165, 1.54) is 0 Å². The number of fused-ring (bicyclic) bond motifs is 1. The maximum absolute atomic E-state index is 5.66. The number of rotatable bonds is 4. The Balaban J connectivity index is 2.30. The fourth-order valence-corrected chi connectivity index (χ4v) is 1.57. The number of nitrogens with one attached hydrogen (secondary N) is 1. The van der Waals surface area contributed by atoms with Gasteiger partial charge in [-0.25, -0.2) is 4.98 Å². The molecule has 0 radical (unpaired) electrons. The summed E-state index contributed by atoms with van der Waals surface area (Å²) < 4.78 is 0. The molecular weight excluding hydrogens is 218 g/mol. The minimum atomic E-state index is 0.247. The number of hydrogen-bond acceptors (Lipinski definition) is 6. The summed E-state index contributed by atoms with van der Waals surface area (Å²) in [5.41, 5.74) is 7.09. The standard InChI is InChI=1S/C10H17N7/c1-16(2)4-5-17(3)9-7-8(13-6-12-7)14-10(11)15-9/h6H,4-5H2,1-3H3,(H3,11,12,13,14,15). The molecule has 2 aromatic rings. The summed E-state index contributed by atoms with van der Waals surface area (Å²) >= 11 is 0. The van der Waals surface area contributed by atoms with Crippen molar-refractivity contribution in [3.05, 3.63) is 6.33 Å². The van der Waals surface area contributed by atoms with Gasteiger partial charge in [-0.1, -0.05) is 0 Å². The molecule has 0 aliphatic heterocycles. The lowest BCUT2D eigenvalue weighted by Gasteiger charge is -2.20. The number of nitrogen functional groups attached to an aromatic ring is 1. The summed E-state index contributed by atoms with van der Waals surface area (Å²) in [5, 5.41) is 0. The van der Waals surface area contributed by atoms with Crippen molar-refractivity contribution in [3.63, 3.8) is 0 Å². The Kier molecular flexibility index (Phi) is 3.10. The number of H-pyrrole nitrogens is 1. The van der Waals surface area contributed by atoms with Crippen molar-refractivity contribution >= 4 is 22.9 Å². The second kappa shape index (κ2) is 4.54. The van der Waals surface area contributed by atoms with E-state index in [-0.39, 0.29) is 5.95 Å². The molecule has 0 unspecified atom stereocenters. The first-order valence-corrected chi connectivity index (χ1v) is 5.40. The first kappa shape index (κ1) is 11.6. The van der Waals surface area contributed by atoms with Crippen molar-refractivity contribution in [3.8, 4) is 0 Å². The quantitative estimate of drug-likeness (QED) is 0.771.